The summed E-state index contributed by atoms with van der Waals surface area (Å²) in [6, 6.07) is 4.37. The Kier molecular flexibility index (Phi) is 6.55. The number of hydrogen-bond acceptors (Lipinski definition) is 1. The third-order valence-electron chi connectivity index (χ3n) is 3.75. The first kappa shape index (κ1) is 18.2. The van der Waals surface area contributed by atoms with Gasteiger partial charge in [-0.25, -0.2) is 0 Å². The van der Waals surface area contributed by atoms with Gasteiger partial charge >= 0.3 is 0 Å². The van der Waals surface area contributed by atoms with E-state index in [1.165, 1.54) is 27.8 Å². The number of allylic oxidation sites excluding steroid dienone is 4. The molecule has 0 amide bonds. The fourth-order valence-electron chi connectivity index (χ4n) is 2.36. The summed E-state index contributed by atoms with van der Waals surface area (Å²) in [6.45, 7) is 17.5. The van der Waals surface area contributed by atoms with E-state index < -0.39 is 0 Å². The fraction of sp³-hybridized carbons (Fsp3) is 0.381. The number of aliphatic imine (C=N–C) groups is 1. The van der Waals surface area contributed by atoms with Gasteiger partial charge in [0.1, 0.15) is 0 Å². The van der Waals surface area contributed by atoms with Crippen molar-refractivity contribution >= 4 is 12.3 Å². The molecule has 1 aromatic carbocycles. The Morgan fingerprint density at radius 3 is 2.45 bits per heavy atom. The molecule has 1 aromatic rings. The lowest BCUT2D eigenvalue weighted by atomic mass is 9.86. The van der Waals surface area contributed by atoms with Crippen LogP contribution in [0.2, 0.25) is 0 Å². The Morgan fingerprint density at radius 1 is 1.23 bits per heavy atom. The van der Waals surface area contributed by atoms with Crippen molar-refractivity contribution in [3.05, 3.63) is 64.8 Å². The zero-order chi connectivity index (χ0) is 16.8. The van der Waals surface area contributed by atoms with E-state index in [9.17, 15) is 0 Å². The van der Waals surface area contributed by atoms with Crippen molar-refractivity contribution in [1.82, 2.24) is 0 Å². The predicted molar refractivity (Wildman–Crippen MR) is 101 cm³/mol. The normalized spacial score (nSPS) is 13.3. The molecule has 0 unspecified atom stereocenters. The Morgan fingerprint density at radius 2 is 1.91 bits per heavy atom. The lowest BCUT2D eigenvalue weighted by molar-refractivity contribution is 0.517. The zero-order valence-electron chi connectivity index (χ0n) is 14.9. The molecule has 0 N–H and O–H groups in total. The molecule has 1 heteroatoms. The first-order valence-electron chi connectivity index (χ1n) is 7.85. The predicted octanol–water partition coefficient (Wildman–Crippen LogP) is 6.07. The highest BCUT2D eigenvalue weighted by Gasteiger charge is 2.13. The minimum atomic E-state index is 0.133. The molecule has 0 fully saturated rings. The van der Waals surface area contributed by atoms with Crippen LogP contribution in [0, 0.1) is 19.3 Å². The van der Waals surface area contributed by atoms with Gasteiger partial charge in [-0.05, 0) is 54.5 Å². The largest absolute Gasteiger partial charge is 0.288 e. The summed E-state index contributed by atoms with van der Waals surface area (Å²) < 4.78 is 0. The highest BCUT2D eigenvalue weighted by atomic mass is 14.7. The third kappa shape index (κ3) is 5.14. The second-order valence-electron chi connectivity index (χ2n) is 6.70. The SMILES string of the molecule is C=Cc1cc(C)cc(CN=C/C=C(\C=C/C)C(C)(C)C)c1C. The van der Waals surface area contributed by atoms with Crippen LogP contribution < -0.4 is 0 Å². The molecule has 1 nitrogen and oxygen atoms in total. The van der Waals surface area contributed by atoms with Gasteiger partial charge in [-0.15, -0.1) is 0 Å². The molecule has 118 valence electrons. The Bertz CT molecular complexity index is 608. The minimum absolute atomic E-state index is 0.133. The molecule has 0 saturated heterocycles. The van der Waals surface area contributed by atoms with E-state index in [1.54, 1.807) is 0 Å². The van der Waals surface area contributed by atoms with Gasteiger partial charge in [0.05, 0.1) is 6.54 Å². The average molecular weight is 295 g/mol. The van der Waals surface area contributed by atoms with Crippen molar-refractivity contribution < 1.29 is 0 Å². The van der Waals surface area contributed by atoms with Gasteiger partial charge in [-0.1, -0.05) is 63.3 Å². The smallest absolute Gasteiger partial charge is 0.0642 e. The molecule has 0 heterocycles. The van der Waals surface area contributed by atoms with Crippen LogP contribution in [0.15, 0.2) is 47.5 Å². The summed E-state index contributed by atoms with van der Waals surface area (Å²) in [5, 5.41) is 0. The number of nitrogens with zero attached hydrogens (tertiary/aromatic N) is 1. The van der Waals surface area contributed by atoms with Gasteiger partial charge in [0.15, 0.2) is 0 Å². The van der Waals surface area contributed by atoms with E-state index in [4.69, 9.17) is 0 Å². The number of benzene rings is 1. The summed E-state index contributed by atoms with van der Waals surface area (Å²) in [4.78, 5) is 4.58. The molecule has 0 aliphatic carbocycles. The molecular formula is C21H29N. The standard InChI is InChI=1S/C21H29N/c1-8-10-20(21(5,6)7)11-12-22-15-19-14-16(3)13-18(9-2)17(19)4/h8-14H,2,15H2,1,3-7H3/b10-8-,20-11+,22-12?. The average Bonchev–Trinajstić information content (AvgIpc) is 2.44. The van der Waals surface area contributed by atoms with Crippen LogP contribution in [0.5, 0.6) is 0 Å². The highest BCUT2D eigenvalue weighted by Crippen LogP contribution is 2.25. The maximum Gasteiger partial charge on any atom is 0.0642 e. The minimum Gasteiger partial charge on any atom is -0.288 e. The van der Waals surface area contributed by atoms with Gasteiger partial charge < -0.3 is 0 Å². The molecule has 0 atom stereocenters. The molecule has 22 heavy (non-hydrogen) atoms. The molecule has 0 aliphatic heterocycles. The molecule has 0 spiro atoms. The van der Waals surface area contributed by atoms with Gasteiger partial charge in [-0.2, -0.15) is 0 Å². The molecule has 0 bridgehead atoms. The lowest BCUT2D eigenvalue weighted by Crippen LogP contribution is -2.07. The van der Waals surface area contributed by atoms with Crippen LogP contribution >= 0.6 is 0 Å². The van der Waals surface area contributed by atoms with Crippen LogP contribution in [-0.4, -0.2) is 6.21 Å². The van der Waals surface area contributed by atoms with Crippen LogP contribution in [0.1, 0.15) is 49.9 Å². The van der Waals surface area contributed by atoms with Crippen LogP contribution in [-0.2, 0) is 6.54 Å². The Labute approximate surface area is 136 Å². The van der Waals surface area contributed by atoms with Crippen molar-refractivity contribution in [3.8, 4) is 0 Å². The van der Waals surface area contributed by atoms with Crippen molar-refractivity contribution in [2.24, 2.45) is 10.4 Å². The molecule has 0 saturated carbocycles. The summed E-state index contributed by atoms with van der Waals surface area (Å²) in [6.07, 6.45) is 10.2. The van der Waals surface area contributed by atoms with E-state index in [-0.39, 0.29) is 5.41 Å². The highest BCUT2D eigenvalue weighted by molar-refractivity contribution is 5.73. The van der Waals surface area contributed by atoms with E-state index in [0.717, 1.165) is 0 Å². The van der Waals surface area contributed by atoms with Crippen LogP contribution in [0.3, 0.4) is 0 Å². The molecule has 1 rings (SSSR count). The number of hydrogen-bond donors (Lipinski definition) is 0. The van der Waals surface area contributed by atoms with E-state index in [2.05, 4.69) is 76.6 Å². The molecule has 0 aromatic heterocycles. The first-order chi connectivity index (χ1) is 10.3. The number of rotatable bonds is 5. The van der Waals surface area contributed by atoms with Crippen molar-refractivity contribution in [3.63, 3.8) is 0 Å². The molecular weight excluding hydrogens is 266 g/mol. The van der Waals surface area contributed by atoms with E-state index in [0.29, 0.717) is 6.54 Å². The summed E-state index contributed by atoms with van der Waals surface area (Å²) in [5.74, 6) is 0. The second kappa shape index (κ2) is 7.93. The first-order valence-corrected chi connectivity index (χ1v) is 7.85. The second-order valence-corrected chi connectivity index (χ2v) is 6.70. The summed E-state index contributed by atoms with van der Waals surface area (Å²) >= 11 is 0. The van der Waals surface area contributed by atoms with Crippen molar-refractivity contribution in [1.29, 1.82) is 0 Å². The monoisotopic (exact) mass is 295 g/mol. The Balaban J connectivity index is 2.94. The maximum atomic E-state index is 4.58. The Hall–Kier alpha value is -1.89. The van der Waals surface area contributed by atoms with Crippen molar-refractivity contribution in [2.45, 2.75) is 48.1 Å². The van der Waals surface area contributed by atoms with Gasteiger partial charge in [0.25, 0.3) is 0 Å². The summed E-state index contributed by atoms with van der Waals surface area (Å²) in [5.41, 5.74) is 6.41. The van der Waals surface area contributed by atoms with Crippen molar-refractivity contribution in [2.75, 3.05) is 0 Å². The number of aryl methyl sites for hydroxylation is 1. The van der Waals surface area contributed by atoms with E-state index >= 15 is 0 Å². The van der Waals surface area contributed by atoms with Gasteiger partial charge in [-0.3, -0.25) is 4.99 Å². The van der Waals surface area contributed by atoms with E-state index in [1.807, 2.05) is 19.2 Å². The summed E-state index contributed by atoms with van der Waals surface area (Å²) in [7, 11) is 0. The van der Waals surface area contributed by atoms with Crippen LogP contribution in [0.25, 0.3) is 6.08 Å². The van der Waals surface area contributed by atoms with Crippen LogP contribution in [0.4, 0.5) is 0 Å². The van der Waals surface area contributed by atoms with Gasteiger partial charge in [0.2, 0.25) is 0 Å². The zero-order valence-corrected chi connectivity index (χ0v) is 14.9. The molecule has 0 radical (unpaired) electrons. The quantitative estimate of drug-likeness (QED) is 0.462. The third-order valence-corrected chi connectivity index (χ3v) is 3.75. The molecule has 0 aliphatic rings. The maximum absolute atomic E-state index is 4.58. The van der Waals surface area contributed by atoms with Gasteiger partial charge in [0, 0.05) is 6.21 Å². The topological polar surface area (TPSA) is 12.4 Å². The fourth-order valence-corrected chi connectivity index (χ4v) is 2.36. The lowest BCUT2D eigenvalue weighted by Gasteiger charge is -2.19.